The zero-order valence-electron chi connectivity index (χ0n) is 11.8. The van der Waals surface area contributed by atoms with Crippen LogP contribution in [0.1, 0.15) is 38.8 Å². The van der Waals surface area contributed by atoms with Crippen LogP contribution in [-0.2, 0) is 12.8 Å². The van der Waals surface area contributed by atoms with E-state index in [1.807, 2.05) is 13.8 Å². The van der Waals surface area contributed by atoms with Crippen LogP contribution in [0.15, 0.2) is 24.3 Å². The number of nitrogens with two attached hydrogens (primary N) is 2. The number of hydrazine groups is 2. The van der Waals surface area contributed by atoms with E-state index in [-0.39, 0.29) is 0 Å². The predicted molar refractivity (Wildman–Crippen MR) is 76.6 cm³/mol. The molecule has 0 atom stereocenters. The van der Waals surface area contributed by atoms with Gasteiger partial charge in [0.15, 0.2) is 0 Å². The molecule has 5 heteroatoms. The number of urea groups is 1. The van der Waals surface area contributed by atoms with E-state index < -0.39 is 6.03 Å². The van der Waals surface area contributed by atoms with Crippen molar-refractivity contribution in [2.45, 2.75) is 40.5 Å². The van der Waals surface area contributed by atoms with Gasteiger partial charge in [0.1, 0.15) is 0 Å². The minimum absolute atomic E-state index is 0.602. The van der Waals surface area contributed by atoms with Gasteiger partial charge in [-0.3, -0.25) is 10.9 Å². The molecule has 0 aromatic heterocycles. The third kappa shape index (κ3) is 8.55. The average molecular weight is 254 g/mol. The predicted octanol–water partition coefficient (Wildman–Crippen LogP) is 1.87. The summed E-state index contributed by atoms with van der Waals surface area (Å²) >= 11 is 0. The molecule has 5 nitrogen and oxygen atoms in total. The Bertz CT molecular complexity index is 287. The van der Waals surface area contributed by atoms with Gasteiger partial charge in [-0.05, 0) is 24.0 Å². The molecular formula is C13H26N4O. The first-order valence-corrected chi connectivity index (χ1v) is 6.23. The first-order valence-electron chi connectivity index (χ1n) is 6.23. The van der Waals surface area contributed by atoms with Crippen LogP contribution in [0.2, 0.25) is 0 Å². The highest BCUT2D eigenvalue weighted by molar-refractivity contribution is 5.72. The Balaban J connectivity index is 0. The standard InChI is InChI=1S/C10H14.C2H6.CH6N4O/c1-3-9-7-5-6-8-10(9)4-2;1-2;2-4-1(6)5-3/h5-8H,3-4H2,1-2H3;1-2H3;2-3H2,(H2,4,5,6). The molecule has 2 amide bonds. The second-order valence-corrected chi connectivity index (χ2v) is 3.09. The van der Waals surface area contributed by atoms with Crippen molar-refractivity contribution in [1.82, 2.24) is 10.9 Å². The van der Waals surface area contributed by atoms with E-state index in [0.29, 0.717) is 0 Å². The number of aryl methyl sites for hydroxylation is 2. The van der Waals surface area contributed by atoms with Gasteiger partial charge in [0.25, 0.3) is 0 Å². The van der Waals surface area contributed by atoms with Crippen molar-refractivity contribution >= 4 is 6.03 Å². The van der Waals surface area contributed by atoms with Crippen molar-refractivity contribution in [2.75, 3.05) is 0 Å². The highest BCUT2D eigenvalue weighted by Crippen LogP contribution is 2.08. The smallest absolute Gasteiger partial charge is 0.275 e. The van der Waals surface area contributed by atoms with Crippen molar-refractivity contribution in [1.29, 1.82) is 0 Å². The van der Waals surface area contributed by atoms with Crippen molar-refractivity contribution < 1.29 is 4.79 Å². The van der Waals surface area contributed by atoms with E-state index >= 15 is 0 Å². The molecule has 0 saturated heterocycles. The molecule has 0 fully saturated rings. The fourth-order valence-electron chi connectivity index (χ4n) is 1.29. The highest BCUT2D eigenvalue weighted by Gasteiger charge is 1.93. The van der Waals surface area contributed by atoms with E-state index in [4.69, 9.17) is 0 Å². The maximum atomic E-state index is 9.71. The van der Waals surface area contributed by atoms with Crippen LogP contribution in [0, 0.1) is 0 Å². The number of hydrogen-bond acceptors (Lipinski definition) is 3. The Kier molecular flexibility index (Phi) is 14.0. The van der Waals surface area contributed by atoms with Crippen molar-refractivity contribution in [3.8, 4) is 0 Å². The second-order valence-electron chi connectivity index (χ2n) is 3.09. The third-order valence-corrected chi connectivity index (χ3v) is 2.14. The van der Waals surface area contributed by atoms with Gasteiger partial charge in [-0.15, -0.1) is 0 Å². The van der Waals surface area contributed by atoms with E-state index in [0.717, 1.165) is 12.8 Å². The number of carbonyl (C=O) groups is 1. The summed E-state index contributed by atoms with van der Waals surface area (Å²) < 4.78 is 0. The van der Waals surface area contributed by atoms with Crippen LogP contribution >= 0.6 is 0 Å². The molecule has 0 aliphatic carbocycles. The van der Waals surface area contributed by atoms with Gasteiger partial charge in [0.05, 0.1) is 0 Å². The van der Waals surface area contributed by atoms with Gasteiger partial charge in [-0.25, -0.2) is 16.5 Å². The van der Waals surface area contributed by atoms with E-state index in [1.165, 1.54) is 11.1 Å². The molecule has 0 spiro atoms. The SMILES string of the molecule is CC.CCc1ccccc1CC.NNC(=O)NN. The maximum absolute atomic E-state index is 9.71. The molecular weight excluding hydrogens is 228 g/mol. The average Bonchev–Trinajstić information content (AvgIpc) is 2.48. The minimum Gasteiger partial charge on any atom is -0.275 e. The number of carbonyl (C=O) groups excluding carboxylic acids is 1. The topological polar surface area (TPSA) is 93.2 Å². The minimum atomic E-state index is -0.602. The monoisotopic (exact) mass is 254 g/mol. The van der Waals surface area contributed by atoms with Crippen LogP contribution in [0.5, 0.6) is 0 Å². The van der Waals surface area contributed by atoms with Gasteiger partial charge in [0.2, 0.25) is 0 Å². The van der Waals surface area contributed by atoms with Crippen molar-refractivity contribution in [3.63, 3.8) is 0 Å². The molecule has 1 aromatic carbocycles. The molecule has 1 rings (SSSR count). The fourth-order valence-corrected chi connectivity index (χ4v) is 1.29. The molecule has 0 saturated carbocycles. The molecule has 0 heterocycles. The fraction of sp³-hybridized carbons (Fsp3) is 0.462. The van der Waals surface area contributed by atoms with E-state index in [9.17, 15) is 4.79 Å². The van der Waals surface area contributed by atoms with Gasteiger partial charge in [-0.2, -0.15) is 0 Å². The molecule has 0 aliphatic heterocycles. The first-order chi connectivity index (χ1) is 8.69. The van der Waals surface area contributed by atoms with Crippen LogP contribution in [0.3, 0.4) is 0 Å². The number of amides is 2. The van der Waals surface area contributed by atoms with E-state index in [2.05, 4.69) is 49.8 Å². The summed E-state index contributed by atoms with van der Waals surface area (Å²) in [5.74, 6) is 9.08. The summed E-state index contributed by atoms with van der Waals surface area (Å²) in [6.45, 7) is 8.41. The van der Waals surface area contributed by atoms with Crippen LogP contribution in [0.25, 0.3) is 0 Å². The summed E-state index contributed by atoms with van der Waals surface area (Å²) in [5, 5.41) is 0. The summed E-state index contributed by atoms with van der Waals surface area (Å²) in [5.41, 5.74) is 6.46. The van der Waals surface area contributed by atoms with Crippen LogP contribution < -0.4 is 22.5 Å². The zero-order chi connectivity index (χ0) is 14.4. The molecule has 18 heavy (non-hydrogen) atoms. The lowest BCUT2D eigenvalue weighted by atomic mass is 10.0. The lowest BCUT2D eigenvalue weighted by Gasteiger charge is -2.02. The molecule has 6 N–H and O–H groups in total. The van der Waals surface area contributed by atoms with Gasteiger partial charge in [0, 0.05) is 0 Å². The summed E-state index contributed by atoms with van der Waals surface area (Å²) in [7, 11) is 0. The largest absolute Gasteiger partial charge is 0.343 e. The molecule has 104 valence electrons. The quantitative estimate of drug-likeness (QED) is 0.369. The molecule has 1 aromatic rings. The first kappa shape index (κ1) is 18.8. The Morgan fingerprint density at radius 3 is 1.50 bits per heavy atom. The summed E-state index contributed by atoms with van der Waals surface area (Å²) in [4.78, 5) is 9.71. The Labute approximate surface area is 110 Å². The normalized spacial score (nSPS) is 8.11. The van der Waals surface area contributed by atoms with Gasteiger partial charge < -0.3 is 0 Å². The summed E-state index contributed by atoms with van der Waals surface area (Å²) in [6, 6.07) is 8.03. The lowest BCUT2D eigenvalue weighted by molar-refractivity contribution is 0.241. The van der Waals surface area contributed by atoms with Gasteiger partial charge >= 0.3 is 6.03 Å². The number of rotatable bonds is 2. The Morgan fingerprint density at radius 1 is 1.00 bits per heavy atom. The molecule has 0 aliphatic rings. The summed E-state index contributed by atoms with van der Waals surface area (Å²) in [6.07, 6.45) is 2.31. The van der Waals surface area contributed by atoms with Crippen LogP contribution in [0.4, 0.5) is 4.79 Å². The Morgan fingerprint density at radius 2 is 1.33 bits per heavy atom. The molecule has 0 bridgehead atoms. The zero-order valence-corrected chi connectivity index (χ0v) is 11.8. The number of hydrogen-bond donors (Lipinski definition) is 4. The van der Waals surface area contributed by atoms with Crippen molar-refractivity contribution in [2.24, 2.45) is 11.7 Å². The molecule has 0 unspecified atom stereocenters. The maximum Gasteiger partial charge on any atom is 0.343 e. The third-order valence-electron chi connectivity index (χ3n) is 2.14. The number of benzene rings is 1. The number of nitrogens with one attached hydrogen (secondary N) is 2. The van der Waals surface area contributed by atoms with Crippen LogP contribution in [-0.4, -0.2) is 6.03 Å². The lowest BCUT2D eigenvalue weighted by Crippen LogP contribution is -2.43. The highest BCUT2D eigenvalue weighted by atomic mass is 16.2. The molecule has 0 radical (unpaired) electrons. The van der Waals surface area contributed by atoms with E-state index in [1.54, 1.807) is 10.9 Å². The second kappa shape index (κ2) is 13.5. The van der Waals surface area contributed by atoms with Crippen molar-refractivity contribution in [3.05, 3.63) is 35.4 Å². The van der Waals surface area contributed by atoms with Gasteiger partial charge in [-0.1, -0.05) is 52.0 Å². The Hall–Kier alpha value is -1.59.